The van der Waals surface area contributed by atoms with Gasteiger partial charge in [0, 0.05) is 0 Å². The van der Waals surface area contributed by atoms with E-state index in [1.54, 1.807) is 12.2 Å². The molecule has 10 heavy (non-hydrogen) atoms. The molecule has 1 N–H and O–H groups in total. The largest absolute Gasteiger partial charge is 0.411 e. The van der Waals surface area contributed by atoms with Crippen molar-refractivity contribution in [1.29, 1.82) is 0 Å². The van der Waals surface area contributed by atoms with Crippen molar-refractivity contribution in [3.63, 3.8) is 0 Å². The third kappa shape index (κ3) is 3.66. The van der Waals surface area contributed by atoms with Crippen LogP contribution in [0.4, 0.5) is 0 Å². The van der Waals surface area contributed by atoms with Crippen molar-refractivity contribution in [2.75, 3.05) is 0 Å². The predicted octanol–water partition coefficient (Wildman–Crippen LogP) is 2.13. The van der Waals surface area contributed by atoms with Crippen LogP contribution in [0.25, 0.3) is 0 Å². The van der Waals surface area contributed by atoms with Crippen LogP contribution in [0.1, 0.15) is 6.92 Å². The van der Waals surface area contributed by atoms with Gasteiger partial charge < -0.3 is 5.21 Å². The van der Waals surface area contributed by atoms with Gasteiger partial charge in [-0.15, -0.1) is 0 Å². The second-order valence-corrected chi connectivity index (χ2v) is 1.94. The quantitative estimate of drug-likeness (QED) is 0.275. The Morgan fingerprint density at radius 3 is 2.50 bits per heavy atom. The minimum absolute atomic E-state index is 0.745. The zero-order valence-electron chi connectivity index (χ0n) is 6.04. The fourth-order valence-corrected chi connectivity index (χ4v) is 0.500. The Hall–Kier alpha value is -1.31. The molecule has 0 heterocycles. The topological polar surface area (TPSA) is 32.6 Å². The van der Waals surface area contributed by atoms with Gasteiger partial charge in [0.15, 0.2) is 0 Å². The highest BCUT2D eigenvalue weighted by Crippen LogP contribution is 1.97. The van der Waals surface area contributed by atoms with E-state index in [1.165, 1.54) is 6.21 Å². The van der Waals surface area contributed by atoms with Crippen LogP contribution in [0.3, 0.4) is 0 Å². The Balaban J connectivity index is 4.33. The van der Waals surface area contributed by atoms with E-state index in [0.717, 1.165) is 11.1 Å². The van der Waals surface area contributed by atoms with E-state index in [0.29, 0.717) is 0 Å². The molecule has 0 amide bonds. The average molecular weight is 137 g/mol. The molecule has 0 spiro atoms. The zero-order valence-corrected chi connectivity index (χ0v) is 6.04. The summed E-state index contributed by atoms with van der Waals surface area (Å²) in [6.07, 6.45) is 4.67. The van der Waals surface area contributed by atoms with Crippen molar-refractivity contribution < 1.29 is 5.21 Å². The summed E-state index contributed by atoms with van der Waals surface area (Å²) in [5.41, 5.74) is 1.64. The predicted molar refractivity (Wildman–Crippen MR) is 43.4 cm³/mol. The van der Waals surface area contributed by atoms with Crippen LogP contribution in [-0.4, -0.2) is 11.4 Å². The number of hydrogen-bond donors (Lipinski definition) is 1. The normalized spacial score (nSPS) is 11.9. The van der Waals surface area contributed by atoms with Gasteiger partial charge in [0.25, 0.3) is 0 Å². The number of allylic oxidation sites excluding steroid dienone is 4. The molecule has 2 nitrogen and oxygen atoms in total. The lowest BCUT2D eigenvalue weighted by Crippen LogP contribution is -1.79. The Bertz CT molecular complexity index is 189. The summed E-state index contributed by atoms with van der Waals surface area (Å²) >= 11 is 0. The van der Waals surface area contributed by atoms with Crippen LogP contribution < -0.4 is 0 Å². The molecule has 54 valence electrons. The highest BCUT2D eigenvalue weighted by atomic mass is 16.4. The third-order valence-corrected chi connectivity index (χ3v) is 0.856. The highest BCUT2D eigenvalue weighted by molar-refractivity contribution is 5.82. The summed E-state index contributed by atoms with van der Waals surface area (Å²) in [4.78, 5) is 0. The molecule has 0 aromatic carbocycles. The van der Waals surface area contributed by atoms with Crippen molar-refractivity contribution in [3.05, 3.63) is 36.5 Å². The Kier molecular flexibility index (Phi) is 3.96. The van der Waals surface area contributed by atoms with Crippen LogP contribution in [-0.2, 0) is 0 Å². The molecule has 0 radical (unpaired) electrons. The Morgan fingerprint density at radius 2 is 2.20 bits per heavy atom. The molecule has 0 atom stereocenters. The molecular weight excluding hydrogens is 126 g/mol. The maximum atomic E-state index is 8.13. The summed E-state index contributed by atoms with van der Waals surface area (Å²) in [6, 6.07) is 0. The molecule has 0 aromatic heterocycles. The maximum Gasteiger partial charge on any atom is 0.0733 e. The summed E-state index contributed by atoms with van der Waals surface area (Å²) in [7, 11) is 0. The lowest BCUT2D eigenvalue weighted by molar-refractivity contribution is 0.322. The summed E-state index contributed by atoms with van der Waals surface area (Å²) in [6.45, 7) is 9.03. The summed E-state index contributed by atoms with van der Waals surface area (Å²) in [5.74, 6) is 0. The molecular formula is C8H11NO. The number of oxime groups is 1. The molecule has 0 unspecified atom stereocenters. The van der Waals surface area contributed by atoms with Crippen molar-refractivity contribution >= 4 is 6.21 Å². The third-order valence-electron chi connectivity index (χ3n) is 0.856. The van der Waals surface area contributed by atoms with Crippen molar-refractivity contribution in [2.24, 2.45) is 5.16 Å². The molecule has 0 aliphatic rings. The zero-order chi connectivity index (χ0) is 7.98. The van der Waals surface area contributed by atoms with Crippen LogP contribution in [0.2, 0.25) is 0 Å². The van der Waals surface area contributed by atoms with E-state index in [4.69, 9.17) is 5.21 Å². The van der Waals surface area contributed by atoms with Gasteiger partial charge >= 0.3 is 0 Å². The minimum Gasteiger partial charge on any atom is -0.411 e. The second-order valence-electron chi connectivity index (χ2n) is 1.94. The maximum absolute atomic E-state index is 8.13. The van der Waals surface area contributed by atoms with Gasteiger partial charge in [0.05, 0.1) is 6.21 Å². The van der Waals surface area contributed by atoms with E-state index in [2.05, 4.69) is 18.3 Å². The van der Waals surface area contributed by atoms with Gasteiger partial charge in [0.2, 0.25) is 0 Å². The first-order chi connectivity index (χ1) is 4.70. The van der Waals surface area contributed by atoms with Crippen LogP contribution >= 0.6 is 0 Å². The first-order valence-electron chi connectivity index (χ1n) is 2.87. The van der Waals surface area contributed by atoms with Gasteiger partial charge in [-0.25, -0.2) is 0 Å². The molecule has 0 bridgehead atoms. The minimum atomic E-state index is 0.745. The summed E-state index contributed by atoms with van der Waals surface area (Å²) < 4.78 is 0. The highest BCUT2D eigenvalue weighted by Gasteiger charge is 1.84. The lowest BCUT2D eigenvalue weighted by Gasteiger charge is -1.89. The molecule has 0 rings (SSSR count). The fourth-order valence-electron chi connectivity index (χ4n) is 0.500. The fraction of sp³-hybridized carbons (Fsp3) is 0.125. The van der Waals surface area contributed by atoms with Gasteiger partial charge in [-0.3, -0.25) is 0 Å². The van der Waals surface area contributed by atoms with Crippen LogP contribution in [0.5, 0.6) is 0 Å². The summed E-state index contributed by atoms with van der Waals surface area (Å²) in [5, 5.41) is 11.0. The van der Waals surface area contributed by atoms with Gasteiger partial charge in [-0.05, 0) is 12.5 Å². The van der Waals surface area contributed by atoms with Gasteiger partial charge in [-0.1, -0.05) is 36.0 Å². The van der Waals surface area contributed by atoms with E-state index in [1.807, 2.05) is 6.92 Å². The van der Waals surface area contributed by atoms with Gasteiger partial charge in [-0.2, -0.15) is 0 Å². The van der Waals surface area contributed by atoms with E-state index in [9.17, 15) is 0 Å². The van der Waals surface area contributed by atoms with E-state index in [-0.39, 0.29) is 0 Å². The number of hydrogen-bond acceptors (Lipinski definition) is 2. The molecule has 2 heteroatoms. The lowest BCUT2D eigenvalue weighted by atomic mass is 10.2. The van der Waals surface area contributed by atoms with Crippen molar-refractivity contribution in [2.45, 2.75) is 6.92 Å². The molecule has 0 aromatic rings. The Labute approximate surface area is 60.9 Å². The first-order valence-corrected chi connectivity index (χ1v) is 2.87. The van der Waals surface area contributed by atoms with Crippen LogP contribution in [0, 0.1) is 0 Å². The standard InChI is InChI=1S/C8H11NO/c1-4-8(6-9-10)5-7(2)3/h4-6,10H,1-2H2,3H3/b8-5+,9-6-. The molecule has 0 aliphatic carbocycles. The van der Waals surface area contributed by atoms with Crippen LogP contribution in [0.15, 0.2) is 41.6 Å². The monoisotopic (exact) mass is 137 g/mol. The Morgan fingerprint density at radius 1 is 1.60 bits per heavy atom. The molecule has 0 saturated heterocycles. The molecule has 0 saturated carbocycles. The van der Waals surface area contributed by atoms with E-state index < -0.39 is 0 Å². The number of rotatable bonds is 3. The smallest absolute Gasteiger partial charge is 0.0733 e. The van der Waals surface area contributed by atoms with Crippen molar-refractivity contribution in [1.82, 2.24) is 0 Å². The first kappa shape index (κ1) is 8.69. The SMILES string of the molecule is C=CC(/C=N\O)=C\C(=C)C. The average Bonchev–Trinajstić information content (AvgIpc) is 1.86. The van der Waals surface area contributed by atoms with Gasteiger partial charge in [0.1, 0.15) is 0 Å². The number of nitrogens with zero attached hydrogens (tertiary/aromatic N) is 1. The molecule has 0 aliphatic heterocycles. The second kappa shape index (κ2) is 4.56. The van der Waals surface area contributed by atoms with E-state index >= 15 is 0 Å². The molecule has 0 fully saturated rings. The van der Waals surface area contributed by atoms with Crippen molar-refractivity contribution in [3.8, 4) is 0 Å².